The SMILES string of the molecule is CN=C(NCC1CCN(Cc2ccccc2Cl)CC1)NC1CCN(C(C)C)CC1. The summed E-state index contributed by atoms with van der Waals surface area (Å²) in [6, 6.07) is 9.38. The van der Waals surface area contributed by atoms with Gasteiger partial charge in [0.25, 0.3) is 0 Å². The molecule has 2 aliphatic heterocycles. The number of hydrogen-bond acceptors (Lipinski definition) is 3. The maximum Gasteiger partial charge on any atom is 0.191 e. The molecule has 162 valence electrons. The van der Waals surface area contributed by atoms with E-state index in [-0.39, 0.29) is 0 Å². The van der Waals surface area contributed by atoms with Crippen LogP contribution in [0.1, 0.15) is 45.1 Å². The molecule has 29 heavy (non-hydrogen) atoms. The van der Waals surface area contributed by atoms with Gasteiger partial charge in [0.2, 0.25) is 0 Å². The van der Waals surface area contributed by atoms with Crippen molar-refractivity contribution < 1.29 is 0 Å². The van der Waals surface area contributed by atoms with Crippen molar-refractivity contribution in [3.05, 3.63) is 34.9 Å². The fraction of sp³-hybridized carbons (Fsp3) is 0.696. The summed E-state index contributed by atoms with van der Waals surface area (Å²) >= 11 is 6.32. The lowest BCUT2D eigenvalue weighted by Gasteiger charge is -2.36. The summed E-state index contributed by atoms with van der Waals surface area (Å²) in [7, 11) is 1.88. The van der Waals surface area contributed by atoms with Gasteiger partial charge in [-0.15, -0.1) is 0 Å². The Morgan fingerprint density at radius 1 is 1.10 bits per heavy atom. The lowest BCUT2D eigenvalue weighted by molar-refractivity contribution is 0.166. The zero-order valence-corrected chi connectivity index (χ0v) is 19.1. The molecule has 2 fully saturated rings. The largest absolute Gasteiger partial charge is 0.356 e. The molecule has 2 N–H and O–H groups in total. The van der Waals surface area contributed by atoms with Gasteiger partial charge in [-0.1, -0.05) is 29.8 Å². The second-order valence-corrected chi connectivity index (χ2v) is 9.22. The Kier molecular flexibility index (Phi) is 8.64. The topological polar surface area (TPSA) is 42.9 Å². The quantitative estimate of drug-likeness (QED) is 0.546. The van der Waals surface area contributed by atoms with E-state index in [1.807, 2.05) is 19.2 Å². The first-order valence-corrected chi connectivity index (χ1v) is 11.6. The van der Waals surface area contributed by atoms with Crippen molar-refractivity contribution in [3.8, 4) is 0 Å². The van der Waals surface area contributed by atoms with Crippen LogP contribution in [0.5, 0.6) is 0 Å². The molecule has 3 rings (SSSR count). The van der Waals surface area contributed by atoms with Crippen molar-refractivity contribution in [3.63, 3.8) is 0 Å². The molecule has 2 aliphatic rings. The Morgan fingerprint density at radius 3 is 2.41 bits per heavy atom. The minimum Gasteiger partial charge on any atom is -0.356 e. The molecule has 0 saturated carbocycles. The van der Waals surface area contributed by atoms with Gasteiger partial charge in [0, 0.05) is 50.3 Å². The van der Waals surface area contributed by atoms with Gasteiger partial charge in [0.05, 0.1) is 0 Å². The van der Waals surface area contributed by atoms with E-state index < -0.39 is 0 Å². The Bertz CT molecular complexity index is 646. The highest BCUT2D eigenvalue weighted by Gasteiger charge is 2.23. The van der Waals surface area contributed by atoms with Gasteiger partial charge in [-0.2, -0.15) is 0 Å². The molecule has 5 nitrogen and oxygen atoms in total. The predicted molar refractivity (Wildman–Crippen MR) is 124 cm³/mol. The predicted octanol–water partition coefficient (Wildman–Crippen LogP) is 3.59. The fourth-order valence-corrected chi connectivity index (χ4v) is 4.60. The van der Waals surface area contributed by atoms with Crippen LogP contribution in [0.4, 0.5) is 0 Å². The van der Waals surface area contributed by atoms with Crippen molar-refractivity contribution in [2.24, 2.45) is 10.9 Å². The molecular weight excluding hydrogens is 382 g/mol. The van der Waals surface area contributed by atoms with Crippen LogP contribution in [0.15, 0.2) is 29.3 Å². The molecule has 1 aromatic carbocycles. The molecule has 0 amide bonds. The number of benzene rings is 1. The zero-order valence-electron chi connectivity index (χ0n) is 18.3. The van der Waals surface area contributed by atoms with Crippen molar-refractivity contribution in [2.75, 3.05) is 39.8 Å². The van der Waals surface area contributed by atoms with Gasteiger partial charge in [0.1, 0.15) is 0 Å². The molecule has 0 aromatic heterocycles. The van der Waals surface area contributed by atoms with Gasteiger partial charge in [0.15, 0.2) is 5.96 Å². The Balaban J connectivity index is 1.35. The standard InChI is InChI=1S/C23H38ClN5/c1-18(2)29-14-10-21(11-15-29)27-23(25-3)26-16-19-8-12-28(13-9-19)17-20-6-4-5-7-22(20)24/h4-7,18-19,21H,8-17H2,1-3H3,(H2,25,26,27). The van der Waals surface area contributed by atoms with Crippen molar-refractivity contribution >= 4 is 17.6 Å². The number of rotatable bonds is 6. The molecule has 0 radical (unpaired) electrons. The van der Waals surface area contributed by atoms with E-state index in [1.54, 1.807) is 0 Å². The third kappa shape index (κ3) is 6.87. The van der Waals surface area contributed by atoms with Crippen LogP contribution in [0, 0.1) is 5.92 Å². The van der Waals surface area contributed by atoms with E-state index in [1.165, 1.54) is 44.3 Å². The van der Waals surface area contributed by atoms with Crippen molar-refractivity contribution in [2.45, 2.75) is 58.2 Å². The number of halogens is 1. The lowest BCUT2D eigenvalue weighted by atomic mass is 9.96. The third-order valence-electron chi connectivity index (χ3n) is 6.44. The minimum atomic E-state index is 0.536. The van der Waals surface area contributed by atoms with Gasteiger partial charge in [-0.3, -0.25) is 9.89 Å². The normalized spacial score (nSPS) is 20.9. The van der Waals surface area contributed by atoms with E-state index in [0.717, 1.165) is 37.2 Å². The first-order chi connectivity index (χ1) is 14.0. The number of piperidine rings is 2. The van der Waals surface area contributed by atoms with E-state index in [9.17, 15) is 0 Å². The number of nitrogens with zero attached hydrogens (tertiary/aromatic N) is 3. The summed E-state index contributed by atoms with van der Waals surface area (Å²) in [6.07, 6.45) is 4.83. The number of guanidine groups is 1. The molecular formula is C23H38ClN5. The summed E-state index contributed by atoms with van der Waals surface area (Å²) < 4.78 is 0. The van der Waals surface area contributed by atoms with Crippen LogP contribution in [-0.2, 0) is 6.54 Å². The van der Waals surface area contributed by atoms with Crippen LogP contribution < -0.4 is 10.6 Å². The molecule has 0 atom stereocenters. The highest BCUT2D eigenvalue weighted by atomic mass is 35.5. The Hall–Kier alpha value is -1.30. The van der Waals surface area contributed by atoms with Crippen LogP contribution in [0.3, 0.4) is 0 Å². The van der Waals surface area contributed by atoms with Crippen molar-refractivity contribution in [1.29, 1.82) is 0 Å². The maximum atomic E-state index is 6.32. The number of nitrogens with one attached hydrogen (secondary N) is 2. The Labute approximate surface area is 181 Å². The smallest absolute Gasteiger partial charge is 0.191 e. The van der Waals surface area contributed by atoms with Gasteiger partial charge in [-0.25, -0.2) is 0 Å². The van der Waals surface area contributed by atoms with E-state index >= 15 is 0 Å². The average molecular weight is 420 g/mol. The third-order valence-corrected chi connectivity index (χ3v) is 6.81. The van der Waals surface area contributed by atoms with Crippen LogP contribution in [0.2, 0.25) is 5.02 Å². The Morgan fingerprint density at radius 2 is 1.79 bits per heavy atom. The second kappa shape index (κ2) is 11.2. The lowest BCUT2D eigenvalue weighted by Crippen LogP contribution is -2.50. The molecule has 2 saturated heterocycles. The second-order valence-electron chi connectivity index (χ2n) is 8.81. The zero-order chi connectivity index (χ0) is 20.6. The van der Waals surface area contributed by atoms with Gasteiger partial charge in [-0.05, 0) is 70.2 Å². The van der Waals surface area contributed by atoms with E-state index in [0.29, 0.717) is 18.0 Å². The summed E-state index contributed by atoms with van der Waals surface area (Å²) in [4.78, 5) is 9.54. The minimum absolute atomic E-state index is 0.536. The first-order valence-electron chi connectivity index (χ1n) is 11.2. The molecule has 0 unspecified atom stereocenters. The average Bonchev–Trinajstić information content (AvgIpc) is 2.74. The highest BCUT2D eigenvalue weighted by Crippen LogP contribution is 2.22. The maximum absolute atomic E-state index is 6.32. The molecule has 0 aliphatic carbocycles. The molecule has 2 heterocycles. The van der Waals surface area contributed by atoms with Gasteiger partial charge < -0.3 is 15.5 Å². The molecule has 1 aromatic rings. The summed E-state index contributed by atoms with van der Waals surface area (Å²) in [6.45, 7) is 11.2. The molecule has 6 heteroatoms. The van der Waals surface area contributed by atoms with Gasteiger partial charge >= 0.3 is 0 Å². The van der Waals surface area contributed by atoms with Crippen LogP contribution in [-0.4, -0.2) is 67.6 Å². The molecule has 0 bridgehead atoms. The van der Waals surface area contributed by atoms with Crippen LogP contribution in [0.25, 0.3) is 0 Å². The number of likely N-dealkylation sites (tertiary alicyclic amines) is 2. The fourth-order valence-electron chi connectivity index (χ4n) is 4.41. The summed E-state index contributed by atoms with van der Waals surface area (Å²) in [5, 5.41) is 8.10. The first kappa shape index (κ1) is 22.4. The van der Waals surface area contributed by atoms with E-state index in [2.05, 4.69) is 51.4 Å². The molecule has 0 spiro atoms. The van der Waals surface area contributed by atoms with E-state index in [4.69, 9.17) is 11.6 Å². The van der Waals surface area contributed by atoms with Crippen molar-refractivity contribution in [1.82, 2.24) is 20.4 Å². The highest BCUT2D eigenvalue weighted by molar-refractivity contribution is 6.31. The number of hydrogen-bond donors (Lipinski definition) is 2. The monoisotopic (exact) mass is 419 g/mol. The number of aliphatic imine (C=N–C) groups is 1. The summed E-state index contributed by atoms with van der Waals surface area (Å²) in [5.74, 6) is 1.67. The summed E-state index contributed by atoms with van der Waals surface area (Å²) in [5.41, 5.74) is 1.24. The van der Waals surface area contributed by atoms with Crippen LogP contribution >= 0.6 is 11.6 Å².